The minimum Gasteiger partial charge on any atom is -0.398 e. The molecule has 1 amide bonds. The van der Waals surface area contributed by atoms with Gasteiger partial charge in [-0.3, -0.25) is 4.79 Å². The number of anilines is 1. The molecule has 0 heterocycles. The van der Waals surface area contributed by atoms with Crippen LogP contribution in [0.3, 0.4) is 0 Å². The fraction of sp³-hybridized carbons (Fsp3) is 0.188. The molecule has 0 aliphatic carbocycles. The van der Waals surface area contributed by atoms with E-state index in [1.54, 1.807) is 25.1 Å². The second kappa shape index (κ2) is 6.35. The van der Waals surface area contributed by atoms with Crippen molar-refractivity contribution in [2.45, 2.75) is 13.5 Å². The van der Waals surface area contributed by atoms with Crippen LogP contribution >= 0.6 is 0 Å². The summed E-state index contributed by atoms with van der Waals surface area (Å²) >= 11 is 0. The minimum absolute atomic E-state index is 0.248. The Labute approximate surface area is 122 Å². The number of halogens is 2. The second-order valence-corrected chi connectivity index (χ2v) is 4.64. The van der Waals surface area contributed by atoms with Gasteiger partial charge in [0, 0.05) is 18.8 Å². The maximum absolute atomic E-state index is 13.7. The van der Waals surface area contributed by atoms with Crippen molar-refractivity contribution in [3.8, 4) is 0 Å². The summed E-state index contributed by atoms with van der Waals surface area (Å²) in [5.74, 6) is -1.94. The lowest BCUT2D eigenvalue weighted by Gasteiger charge is -2.22. The van der Waals surface area contributed by atoms with Crippen LogP contribution in [0.25, 0.3) is 0 Å². The van der Waals surface area contributed by atoms with Crippen molar-refractivity contribution < 1.29 is 13.6 Å². The first-order valence-corrected chi connectivity index (χ1v) is 6.60. The Kier molecular flexibility index (Phi) is 4.52. The normalized spacial score (nSPS) is 10.4. The summed E-state index contributed by atoms with van der Waals surface area (Å²) in [4.78, 5) is 13.8. The summed E-state index contributed by atoms with van der Waals surface area (Å²) in [6.07, 6.45) is 0. The molecule has 5 heteroatoms. The van der Waals surface area contributed by atoms with Crippen LogP contribution in [0.1, 0.15) is 22.8 Å². The first kappa shape index (κ1) is 15.0. The molecule has 2 N–H and O–H groups in total. The van der Waals surface area contributed by atoms with E-state index in [1.165, 1.54) is 4.90 Å². The number of hydrogen-bond acceptors (Lipinski definition) is 2. The topological polar surface area (TPSA) is 46.3 Å². The monoisotopic (exact) mass is 290 g/mol. The van der Waals surface area contributed by atoms with Crippen molar-refractivity contribution >= 4 is 11.6 Å². The number of hydrogen-bond donors (Lipinski definition) is 1. The number of rotatable bonds is 4. The molecule has 0 fully saturated rings. The Morgan fingerprint density at radius 2 is 1.90 bits per heavy atom. The number of carbonyl (C=O) groups excluding carboxylic acids is 1. The highest BCUT2D eigenvalue weighted by atomic mass is 19.1. The van der Waals surface area contributed by atoms with Gasteiger partial charge >= 0.3 is 0 Å². The molecule has 0 saturated heterocycles. The van der Waals surface area contributed by atoms with Gasteiger partial charge in [-0.2, -0.15) is 0 Å². The minimum atomic E-state index is -0.735. The van der Waals surface area contributed by atoms with Crippen molar-refractivity contribution in [2.24, 2.45) is 0 Å². The predicted molar refractivity (Wildman–Crippen MR) is 77.6 cm³/mol. The number of nitrogens with two attached hydrogens (primary N) is 1. The van der Waals surface area contributed by atoms with Crippen LogP contribution in [0.5, 0.6) is 0 Å². The first-order chi connectivity index (χ1) is 10.0. The van der Waals surface area contributed by atoms with E-state index in [9.17, 15) is 13.6 Å². The van der Waals surface area contributed by atoms with E-state index < -0.39 is 17.5 Å². The van der Waals surface area contributed by atoms with Gasteiger partial charge in [0.1, 0.15) is 11.6 Å². The molecule has 0 saturated carbocycles. The summed E-state index contributed by atoms with van der Waals surface area (Å²) in [5.41, 5.74) is 6.90. The van der Waals surface area contributed by atoms with Crippen molar-refractivity contribution in [1.29, 1.82) is 0 Å². The van der Waals surface area contributed by atoms with Crippen LogP contribution in [0.2, 0.25) is 0 Å². The van der Waals surface area contributed by atoms with E-state index >= 15 is 0 Å². The fourth-order valence-electron chi connectivity index (χ4n) is 2.04. The number of benzene rings is 2. The van der Waals surface area contributed by atoms with Crippen LogP contribution in [0, 0.1) is 11.6 Å². The van der Waals surface area contributed by atoms with Gasteiger partial charge in [0.15, 0.2) is 0 Å². The molecule has 0 spiro atoms. The molecule has 3 nitrogen and oxygen atoms in total. The summed E-state index contributed by atoms with van der Waals surface area (Å²) in [7, 11) is 0. The van der Waals surface area contributed by atoms with Crippen molar-refractivity contribution in [3.05, 3.63) is 65.2 Å². The van der Waals surface area contributed by atoms with E-state index in [0.29, 0.717) is 12.2 Å². The molecule has 0 radical (unpaired) electrons. The number of amides is 1. The maximum atomic E-state index is 13.7. The van der Waals surface area contributed by atoms with E-state index in [2.05, 4.69) is 0 Å². The molecule has 2 rings (SSSR count). The van der Waals surface area contributed by atoms with E-state index in [4.69, 9.17) is 5.73 Å². The highest BCUT2D eigenvalue weighted by Crippen LogP contribution is 2.17. The molecule has 21 heavy (non-hydrogen) atoms. The van der Waals surface area contributed by atoms with Crippen LogP contribution in [-0.4, -0.2) is 17.4 Å². The third kappa shape index (κ3) is 3.37. The standard InChI is InChI=1S/C16H16F2N2O/c1-2-20(10-11-5-3-4-6-15(11)19)16(21)13-9-12(17)7-8-14(13)18/h3-9H,2,10,19H2,1H3. The Morgan fingerprint density at radius 3 is 2.57 bits per heavy atom. The average Bonchev–Trinajstić information content (AvgIpc) is 2.48. The lowest BCUT2D eigenvalue weighted by atomic mass is 10.1. The van der Waals surface area contributed by atoms with Gasteiger partial charge in [0.2, 0.25) is 0 Å². The molecular weight excluding hydrogens is 274 g/mol. The first-order valence-electron chi connectivity index (χ1n) is 6.60. The Balaban J connectivity index is 2.27. The maximum Gasteiger partial charge on any atom is 0.257 e. The molecule has 0 aliphatic rings. The van der Waals surface area contributed by atoms with Gasteiger partial charge in [-0.25, -0.2) is 8.78 Å². The van der Waals surface area contributed by atoms with E-state index in [0.717, 1.165) is 23.8 Å². The summed E-state index contributed by atoms with van der Waals surface area (Å²) in [5, 5.41) is 0. The Morgan fingerprint density at radius 1 is 1.19 bits per heavy atom. The number of nitrogen functional groups attached to an aromatic ring is 1. The van der Waals surface area contributed by atoms with Crippen LogP contribution in [-0.2, 0) is 6.54 Å². The van der Waals surface area contributed by atoms with E-state index in [-0.39, 0.29) is 12.1 Å². The quantitative estimate of drug-likeness (QED) is 0.879. The third-order valence-corrected chi connectivity index (χ3v) is 3.24. The second-order valence-electron chi connectivity index (χ2n) is 4.64. The lowest BCUT2D eigenvalue weighted by molar-refractivity contribution is 0.0747. The SMILES string of the molecule is CCN(Cc1ccccc1N)C(=O)c1cc(F)ccc1F. The Bertz CT molecular complexity index is 658. The number of carbonyl (C=O) groups is 1. The molecule has 0 bridgehead atoms. The smallest absolute Gasteiger partial charge is 0.257 e. The van der Waals surface area contributed by atoms with Gasteiger partial charge in [0.05, 0.1) is 5.56 Å². The molecule has 2 aromatic carbocycles. The van der Waals surface area contributed by atoms with Crippen LogP contribution < -0.4 is 5.73 Å². The van der Waals surface area contributed by atoms with E-state index in [1.807, 2.05) is 6.07 Å². The summed E-state index contributed by atoms with van der Waals surface area (Å²) in [6.45, 7) is 2.38. The fourth-order valence-corrected chi connectivity index (χ4v) is 2.04. The van der Waals surface area contributed by atoms with Gasteiger partial charge in [-0.15, -0.1) is 0 Å². The van der Waals surface area contributed by atoms with Crippen molar-refractivity contribution in [3.63, 3.8) is 0 Å². The highest BCUT2D eigenvalue weighted by molar-refractivity contribution is 5.94. The van der Waals surface area contributed by atoms with Crippen LogP contribution in [0.4, 0.5) is 14.5 Å². The molecule has 0 aliphatic heterocycles. The zero-order chi connectivity index (χ0) is 15.4. The largest absolute Gasteiger partial charge is 0.398 e. The zero-order valence-electron chi connectivity index (χ0n) is 11.6. The third-order valence-electron chi connectivity index (χ3n) is 3.24. The number of nitrogens with zero attached hydrogens (tertiary/aromatic N) is 1. The number of para-hydroxylation sites is 1. The van der Waals surface area contributed by atoms with Gasteiger partial charge in [-0.1, -0.05) is 18.2 Å². The van der Waals surface area contributed by atoms with Crippen molar-refractivity contribution in [1.82, 2.24) is 4.90 Å². The Hall–Kier alpha value is -2.43. The van der Waals surface area contributed by atoms with Crippen molar-refractivity contribution in [2.75, 3.05) is 12.3 Å². The average molecular weight is 290 g/mol. The van der Waals surface area contributed by atoms with Crippen LogP contribution in [0.15, 0.2) is 42.5 Å². The molecule has 110 valence electrons. The molecule has 0 aromatic heterocycles. The van der Waals surface area contributed by atoms with Gasteiger partial charge in [0.25, 0.3) is 5.91 Å². The highest BCUT2D eigenvalue weighted by Gasteiger charge is 2.19. The summed E-state index contributed by atoms with van der Waals surface area (Å²) < 4.78 is 26.9. The molecule has 0 atom stereocenters. The molecule has 2 aromatic rings. The zero-order valence-corrected chi connectivity index (χ0v) is 11.6. The summed E-state index contributed by atoms with van der Waals surface area (Å²) in [6, 6.07) is 9.99. The van der Waals surface area contributed by atoms with Gasteiger partial charge < -0.3 is 10.6 Å². The lowest BCUT2D eigenvalue weighted by Crippen LogP contribution is -2.31. The molecule has 0 unspecified atom stereocenters. The predicted octanol–water partition coefficient (Wildman–Crippen LogP) is 3.21. The molecular formula is C16H16F2N2O. The van der Waals surface area contributed by atoms with Gasteiger partial charge in [-0.05, 0) is 36.8 Å².